The molecule has 2 aliphatic heterocycles. The van der Waals surface area contributed by atoms with E-state index in [-0.39, 0.29) is 18.2 Å². The molecule has 0 aromatic rings. The topological polar surface area (TPSA) is 343 Å². The number of halogens is 3. The quantitative estimate of drug-likeness (QED) is 0.0440. The Morgan fingerprint density at radius 1 is 0.891 bits per heavy atom. The molecule has 3 rings (SSSR count). The first-order chi connectivity index (χ1) is 21.7. The number of aliphatic imine (C=N–C) groups is 2. The van der Waals surface area contributed by atoms with Gasteiger partial charge >= 0.3 is 0 Å². The van der Waals surface area contributed by atoms with Crippen molar-refractivity contribution >= 4 is 18.2 Å². The van der Waals surface area contributed by atoms with Crippen LogP contribution in [0.3, 0.4) is 0 Å². The van der Waals surface area contributed by atoms with Crippen LogP contribution in [0.15, 0.2) is 9.98 Å². The minimum absolute atomic E-state index is 0.0603. The molecular formula is C23H42F3N7O13. The van der Waals surface area contributed by atoms with Crippen LogP contribution in [0.4, 0.5) is 13.5 Å². The number of alkyl halides is 1. The number of aliphatic hydroxyl groups is 8. The monoisotopic (exact) mass is 681 g/mol. The van der Waals surface area contributed by atoms with Crippen molar-refractivity contribution in [2.24, 2.45) is 33.1 Å². The molecule has 3 aliphatic rings. The number of nitrogens with one attached hydrogen (secondary N) is 2. The van der Waals surface area contributed by atoms with Gasteiger partial charge in [-0.15, -0.1) is 0 Å². The molecule has 16 N–H and O–H groups in total. The summed E-state index contributed by atoms with van der Waals surface area (Å²) in [4.78, 5) is 19.6. The zero-order valence-corrected chi connectivity index (χ0v) is 24.5. The largest absolute Gasteiger partial charge is 0.394 e. The Hall–Kier alpha value is -2.52. The van der Waals surface area contributed by atoms with Crippen LogP contribution in [0, 0.1) is 5.92 Å². The van der Waals surface area contributed by atoms with E-state index in [1.807, 2.05) is 0 Å². The van der Waals surface area contributed by atoms with Crippen molar-refractivity contribution in [3.05, 3.63) is 0 Å². The molecule has 0 bridgehead atoms. The fourth-order valence-corrected chi connectivity index (χ4v) is 5.43. The van der Waals surface area contributed by atoms with Crippen LogP contribution in [0.2, 0.25) is 0 Å². The van der Waals surface area contributed by atoms with Crippen LogP contribution < -0.4 is 27.8 Å². The molecule has 2 heterocycles. The van der Waals surface area contributed by atoms with Gasteiger partial charge in [0.05, 0.1) is 43.4 Å². The Morgan fingerprint density at radius 3 is 1.93 bits per heavy atom. The maximum atomic E-state index is 14.5. The predicted molar refractivity (Wildman–Crippen MR) is 146 cm³/mol. The SMILES string of the molecule is CN=C(N)NC1C(O)C(O)C(OC2OC(CO)C(O)(C=O)C2OC2OC(CO)C(O)C(O)C2C(N)F)C(NC(N)=NC)C1O.FF. The molecule has 1 aliphatic carbocycles. The molecule has 268 valence electrons. The summed E-state index contributed by atoms with van der Waals surface area (Å²) in [5, 5.41) is 89.7. The highest BCUT2D eigenvalue weighted by Gasteiger charge is 2.62. The van der Waals surface area contributed by atoms with Crippen molar-refractivity contribution in [2.75, 3.05) is 27.3 Å². The highest BCUT2D eigenvalue weighted by molar-refractivity contribution is 5.79. The van der Waals surface area contributed by atoms with Crippen molar-refractivity contribution in [3.8, 4) is 0 Å². The first kappa shape index (κ1) is 39.7. The highest BCUT2D eigenvalue weighted by atomic mass is 20.0. The van der Waals surface area contributed by atoms with Gasteiger partial charge in [-0.25, -0.2) is 4.39 Å². The summed E-state index contributed by atoms with van der Waals surface area (Å²) in [6.07, 6.45) is -22.5. The van der Waals surface area contributed by atoms with Gasteiger partial charge in [0.2, 0.25) is 0 Å². The lowest BCUT2D eigenvalue weighted by Crippen LogP contribution is -2.73. The van der Waals surface area contributed by atoms with E-state index < -0.39 is 111 Å². The molecule has 3 fully saturated rings. The number of hydrogen-bond acceptors (Lipinski definition) is 16. The first-order valence-electron chi connectivity index (χ1n) is 13.6. The number of carbonyl (C=O) groups excluding carboxylic acids is 1. The van der Waals surface area contributed by atoms with E-state index in [0.717, 1.165) is 0 Å². The van der Waals surface area contributed by atoms with Crippen LogP contribution >= 0.6 is 0 Å². The summed E-state index contributed by atoms with van der Waals surface area (Å²) < 4.78 is 53.0. The van der Waals surface area contributed by atoms with Gasteiger partial charge in [-0.05, 0) is 0 Å². The van der Waals surface area contributed by atoms with E-state index in [1.165, 1.54) is 14.1 Å². The van der Waals surface area contributed by atoms with E-state index in [4.69, 9.17) is 45.3 Å². The standard InChI is InChI=1S/C23H42FN7O13.F2/c1-28-21(26)30-9-13(37)10(31-22(27)29-2)16(15(39)14(9)38)43-20-17(23(40,5-34)7(4-33)42-20)44-19-8(18(24)25)12(36)11(35)6(3-32)41-19;1-2/h5-20,32-33,35-40H,3-4,25H2,1-2H3,(H3,26,28,30)(H3,27,29,31);. The summed E-state index contributed by atoms with van der Waals surface area (Å²) in [7, 11) is 2.63. The molecular weight excluding hydrogens is 639 g/mol. The second kappa shape index (κ2) is 17.0. The Balaban J connectivity index is 0.00000361. The number of aliphatic hydroxyl groups excluding tert-OH is 7. The number of rotatable bonds is 10. The number of guanidine groups is 2. The van der Waals surface area contributed by atoms with Gasteiger partial charge < -0.3 is 87.6 Å². The van der Waals surface area contributed by atoms with E-state index in [2.05, 4.69) is 20.6 Å². The van der Waals surface area contributed by atoms with Gasteiger partial charge in [0.1, 0.15) is 42.7 Å². The fraction of sp³-hybridized carbons (Fsp3) is 0.870. The molecule has 1 saturated carbocycles. The molecule has 0 amide bonds. The maximum absolute atomic E-state index is 14.5. The summed E-state index contributed by atoms with van der Waals surface area (Å²) in [5.41, 5.74) is 14.1. The first-order valence-corrected chi connectivity index (χ1v) is 13.6. The third-order valence-corrected chi connectivity index (χ3v) is 7.99. The number of aldehydes is 1. The maximum Gasteiger partial charge on any atom is 0.188 e. The summed E-state index contributed by atoms with van der Waals surface area (Å²) in [6.45, 7) is -1.87. The molecule has 0 radical (unpaired) electrons. The van der Waals surface area contributed by atoms with Crippen molar-refractivity contribution in [1.29, 1.82) is 0 Å². The normalized spacial score (nSPS) is 44.1. The Labute approximate surface area is 259 Å². The van der Waals surface area contributed by atoms with Gasteiger partial charge in [-0.2, -0.15) is 0 Å². The van der Waals surface area contributed by atoms with Crippen LogP contribution in [-0.2, 0) is 23.7 Å². The average Bonchev–Trinajstić information content (AvgIpc) is 3.31. The summed E-state index contributed by atoms with van der Waals surface area (Å²) in [6, 6.07) is -2.77. The van der Waals surface area contributed by atoms with Crippen LogP contribution in [0.25, 0.3) is 0 Å². The minimum atomic E-state index is -2.75. The Morgan fingerprint density at radius 2 is 1.46 bits per heavy atom. The van der Waals surface area contributed by atoms with E-state index in [1.54, 1.807) is 0 Å². The lowest BCUT2D eigenvalue weighted by molar-refractivity contribution is -0.331. The molecule has 16 atom stereocenters. The second-order valence-corrected chi connectivity index (χ2v) is 10.6. The van der Waals surface area contributed by atoms with E-state index in [0.29, 0.717) is 0 Å². The van der Waals surface area contributed by atoms with Crippen molar-refractivity contribution < 1.29 is 78.1 Å². The van der Waals surface area contributed by atoms with Crippen LogP contribution in [-0.4, -0.2) is 178 Å². The lowest BCUT2D eigenvalue weighted by atomic mass is 9.81. The molecule has 0 aromatic heterocycles. The number of hydrogen-bond donors (Lipinski definition) is 13. The number of nitrogens with two attached hydrogens (primary N) is 3. The zero-order chi connectivity index (χ0) is 35.1. The third kappa shape index (κ3) is 7.95. The van der Waals surface area contributed by atoms with Crippen molar-refractivity contribution in [3.63, 3.8) is 0 Å². The molecule has 16 unspecified atom stereocenters. The number of nitrogens with zero attached hydrogens (tertiary/aromatic N) is 2. The van der Waals surface area contributed by atoms with Crippen LogP contribution in [0.5, 0.6) is 0 Å². The molecule has 0 aromatic carbocycles. The average molecular weight is 682 g/mol. The van der Waals surface area contributed by atoms with Gasteiger partial charge in [-0.3, -0.25) is 14.8 Å². The third-order valence-electron chi connectivity index (χ3n) is 7.99. The summed E-state index contributed by atoms with van der Waals surface area (Å²) >= 11 is 0. The molecule has 0 spiro atoms. The van der Waals surface area contributed by atoms with Crippen molar-refractivity contribution in [1.82, 2.24) is 10.6 Å². The van der Waals surface area contributed by atoms with Gasteiger partial charge in [-0.1, -0.05) is 0 Å². The molecule has 46 heavy (non-hydrogen) atoms. The molecule has 2 saturated heterocycles. The lowest BCUT2D eigenvalue weighted by Gasteiger charge is -2.47. The van der Waals surface area contributed by atoms with Gasteiger partial charge in [0, 0.05) is 23.2 Å². The zero-order valence-electron chi connectivity index (χ0n) is 24.5. The molecule has 20 nitrogen and oxygen atoms in total. The fourth-order valence-electron chi connectivity index (χ4n) is 5.43. The van der Waals surface area contributed by atoms with Crippen molar-refractivity contribution in [2.45, 2.75) is 91.5 Å². The second-order valence-electron chi connectivity index (χ2n) is 10.6. The number of ether oxygens (including phenoxy) is 4. The van der Waals surface area contributed by atoms with Gasteiger partial charge in [0.25, 0.3) is 0 Å². The summed E-state index contributed by atoms with van der Waals surface area (Å²) in [5.74, 6) is -2.29. The van der Waals surface area contributed by atoms with E-state index in [9.17, 15) is 50.0 Å². The smallest absolute Gasteiger partial charge is 0.188 e. The number of carbonyl (C=O) groups is 1. The highest BCUT2D eigenvalue weighted by Crippen LogP contribution is 2.39. The molecule has 23 heteroatoms. The Kier molecular flexibility index (Phi) is 14.7. The Bertz CT molecular complexity index is 1040. The predicted octanol–water partition coefficient (Wildman–Crippen LogP) is -7.54. The van der Waals surface area contributed by atoms with Crippen LogP contribution in [0.1, 0.15) is 0 Å². The minimum Gasteiger partial charge on any atom is -0.394 e. The van der Waals surface area contributed by atoms with Gasteiger partial charge in [0.15, 0.2) is 42.7 Å². The van der Waals surface area contributed by atoms with E-state index >= 15 is 0 Å².